The summed E-state index contributed by atoms with van der Waals surface area (Å²) in [5.74, 6) is 0.165. The molecule has 1 saturated carbocycles. The lowest BCUT2D eigenvalue weighted by atomic mass is 9.84. The Labute approximate surface area is 194 Å². The third-order valence-electron chi connectivity index (χ3n) is 6.01. The zero-order valence-corrected chi connectivity index (χ0v) is 19.3. The Balaban J connectivity index is 1.76. The summed E-state index contributed by atoms with van der Waals surface area (Å²) in [4.78, 5) is 47.5. The molecule has 1 aliphatic carbocycles. The maximum Gasteiger partial charge on any atom is 0.329 e. The van der Waals surface area contributed by atoms with Gasteiger partial charge in [0.25, 0.3) is 5.56 Å². The second kappa shape index (κ2) is 9.92. The molecule has 1 unspecified atom stereocenters. The van der Waals surface area contributed by atoms with Gasteiger partial charge in [0, 0.05) is 11.1 Å². The third-order valence-corrected chi connectivity index (χ3v) is 6.96. The molecule has 0 radical (unpaired) electrons. The van der Waals surface area contributed by atoms with Crippen LogP contribution in [0.2, 0.25) is 5.02 Å². The Morgan fingerprint density at radius 1 is 1.25 bits per heavy atom. The van der Waals surface area contributed by atoms with Crippen LogP contribution in [0.5, 0.6) is 0 Å². The highest BCUT2D eigenvalue weighted by Gasteiger charge is 2.29. The smallest absolute Gasteiger partial charge is 0.309 e. The first-order valence-electron chi connectivity index (χ1n) is 10.7. The molecule has 0 aliphatic heterocycles. The minimum atomic E-state index is -0.936. The Hall–Kier alpha value is -2.58. The molecule has 2 heterocycles. The molecule has 1 aromatic carbocycles. The standard InChI is InChI=1S/C23H25ClN4O3S/c1-32-16-8-9-18-17(12-16)22(30)28(23(31)26-18)19(11-14-5-3-2-4-6-14)21(29)27-20-10-7-15(24)13-25-20/h7-10,12-14,19H,2-6,11H2,1H3,(H,26,31)(H,25,27,29). The maximum atomic E-state index is 13.4. The van der Waals surface area contributed by atoms with Gasteiger partial charge in [-0.1, -0.05) is 43.7 Å². The molecule has 1 atom stereocenters. The van der Waals surface area contributed by atoms with Gasteiger partial charge in [0.05, 0.1) is 15.9 Å². The van der Waals surface area contributed by atoms with Crippen LogP contribution in [0.15, 0.2) is 51.0 Å². The van der Waals surface area contributed by atoms with Crippen molar-refractivity contribution in [1.29, 1.82) is 0 Å². The second-order valence-corrected chi connectivity index (χ2v) is 9.44. The van der Waals surface area contributed by atoms with E-state index in [2.05, 4.69) is 15.3 Å². The maximum absolute atomic E-state index is 13.4. The van der Waals surface area contributed by atoms with Gasteiger partial charge in [0.15, 0.2) is 0 Å². The lowest BCUT2D eigenvalue weighted by Gasteiger charge is -2.26. The summed E-state index contributed by atoms with van der Waals surface area (Å²) < 4.78 is 1.08. The van der Waals surface area contributed by atoms with Crippen LogP contribution in [0, 0.1) is 5.92 Å². The van der Waals surface area contributed by atoms with Gasteiger partial charge >= 0.3 is 5.69 Å². The molecule has 168 valence electrons. The number of fused-ring (bicyclic) bond motifs is 1. The number of benzene rings is 1. The van der Waals surface area contributed by atoms with E-state index in [1.807, 2.05) is 12.3 Å². The fourth-order valence-electron chi connectivity index (χ4n) is 4.34. The van der Waals surface area contributed by atoms with Gasteiger partial charge in [-0.25, -0.2) is 14.3 Å². The largest absolute Gasteiger partial charge is 0.329 e. The number of thioether (sulfide) groups is 1. The van der Waals surface area contributed by atoms with Crippen LogP contribution in [0.4, 0.5) is 5.82 Å². The van der Waals surface area contributed by atoms with Crippen molar-refractivity contribution in [2.75, 3.05) is 11.6 Å². The predicted molar refractivity (Wildman–Crippen MR) is 129 cm³/mol. The summed E-state index contributed by atoms with van der Waals surface area (Å²) in [5.41, 5.74) is -0.579. The molecule has 32 heavy (non-hydrogen) atoms. The van der Waals surface area contributed by atoms with Gasteiger partial charge < -0.3 is 10.3 Å². The average molecular weight is 473 g/mol. The van der Waals surface area contributed by atoms with E-state index in [0.717, 1.165) is 35.1 Å². The molecule has 7 nitrogen and oxygen atoms in total. The number of nitrogens with zero attached hydrogens (tertiary/aromatic N) is 2. The number of hydrogen-bond acceptors (Lipinski definition) is 5. The molecular formula is C23H25ClN4O3S. The van der Waals surface area contributed by atoms with E-state index in [1.165, 1.54) is 24.4 Å². The number of amides is 1. The van der Waals surface area contributed by atoms with E-state index in [1.54, 1.807) is 24.3 Å². The molecule has 2 N–H and O–H groups in total. The van der Waals surface area contributed by atoms with Crippen LogP contribution in [0.3, 0.4) is 0 Å². The first kappa shape index (κ1) is 22.6. The minimum absolute atomic E-state index is 0.275. The van der Waals surface area contributed by atoms with Crippen LogP contribution in [0.25, 0.3) is 10.9 Å². The second-order valence-electron chi connectivity index (χ2n) is 8.12. The molecule has 0 spiro atoms. The van der Waals surface area contributed by atoms with Crippen LogP contribution in [-0.4, -0.2) is 26.7 Å². The summed E-state index contributed by atoms with van der Waals surface area (Å²) in [6.07, 6.45) is 9.12. The Bertz CT molecular complexity index is 1230. The van der Waals surface area contributed by atoms with Gasteiger partial charge in [0.1, 0.15) is 11.9 Å². The highest BCUT2D eigenvalue weighted by atomic mass is 35.5. The fraction of sp³-hybridized carbons (Fsp3) is 0.391. The lowest BCUT2D eigenvalue weighted by Crippen LogP contribution is -2.43. The Kier molecular flexibility index (Phi) is 7.01. The summed E-state index contributed by atoms with van der Waals surface area (Å²) >= 11 is 7.40. The van der Waals surface area contributed by atoms with Crippen molar-refractivity contribution in [3.63, 3.8) is 0 Å². The number of aromatic amines is 1. The van der Waals surface area contributed by atoms with Crippen molar-refractivity contribution in [3.05, 3.63) is 62.4 Å². The van der Waals surface area contributed by atoms with Gasteiger partial charge in [0.2, 0.25) is 5.91 Å². The van der Waals surface area contributed by atoms with E-state index in [0.29, 0.717) is 28.2 Å². The molecule has 3 aromatic rings. The molecule has 2 aromatic heterocycles. The summed E-state index contributed by atoms with van der Waals surface area (Å²) in [5, 5.41) is 3.60. The normalized spacial score (nSPS) is 15.6. The molecule has 4 rings (SSSR count). The van der Waals surface area contributed by atoms with Crippen molar-refractivity contribution in [3.8, 4) is 0 Å². The molecule has 0 bridgehead atoms. The number of aromatic nitrogens is 3. The number of H-pyrrole nitrogens is 1. The molecular weight excluding hydrogens is 448 g/mol. The Morgan fingerprint density at radius 2 is 2.03 bits per heavy atom. The van der Waals surface area contributed by atoms with Crippen LogP contribution >= 0.6 is 23.4 Å². The number of pyridine rings is 1. The summed E-state index contributed by atoms with van der Waals surface area (Å²) in [6.45, 7) is 0. The molecule has 9 heteroatoms. The zero-order chi connectivity index (χ0) is 22.7. The predicted octanol–water partition coefficient (Wildman–Crippen LogP) is 4.61. The van der Waals surface area contributed by atoms with Crippen molar-refractivity contribution in [2.45, 2.75) is 49.5 Å². The SMILES string of the molecule is CSc1ccc2[nH]c(=O)n(C(CC3CCCCC3)C(=O)Nc3ccc(Cl)cn3)c(=O)c2c1. The first-order chi connectivity index (χ1) is 15.5. The third kappa shape index (κ3) is 4.91. The quantitative estimate of drug-likeness (QED) is 0.510. The molecule has 1 fully saturated rings. The van der Waals surface area contributed by atoms with E-state index >= 15 is 0 Å². The minimum Gasteiger partial charge on any atom is -0.309 e. The zero-order valence-electron chi connectivity index (χ0n) is 17.8. The van der Waals surface area contributed by atoms with E-state index in [9.17, 15) is 14.4 Å². The topological polar surface area (TPSA) is 96.8 Å². The van der Waals surface area contributed by atoms with Crippen LogP contribution in [-0.2, 0) is 4.79 Å². The monoisotopic (exact) mass is 472 g/mol. The number of halogens is 1. The lowest BCUT2D eigenvalue weighted by molar-refractivity contribution is -0.120. The van der Waals surface area contributed by atoms with Crippen molar-refractivity contribution >= 4 is 46.0 Å². The molecule has 0 saturated heterocycles. The van der Waals surface area contributed by atoms with Gasteiger partial charge in [-0.05, 0) is 48.9 Å². The van der Waals surface area contributed by atoms with Crippen LogP contribution in [0.1, 0.15) is 44.6 Å². The highest BCUT2D eigenvalue weighted by Crippen LogP contribution is 2.31. The summed E-state index contributed by atoms with van der Waals surface area (Å²) in [6, 6.07) is 7.61. The van der Waals surface area contributed by atoms with Gasteiger partial charge in [-0.15, -0.1) is 11.8 Å². The van der Waals surface area contributed by atoms with Crippen LogP contribution < -0.4 is 16.6 Å². The number of nitrogens with one attached hydrogen (secondary N) is 2. The number of hydrogen-bond donors (Lipinski definition) is 2. The number of carbonyl (C=O) groups excluding carboxylic acids is 1. The highest BCUT2D eigenvalue weighted by molar-refractivity contribution is 7.98. The van der Waals surface area contributed by atoms with Gasteiger partial charge in [-0.2, -0.15) is 0 Å². The van der Waals surface area contributed by atoms with Crippen molar-refractivity contribution in [1.82, 2.24) is 14.5 Å². The first-order valence-corrected chi connectivity index (χ1v) is 12.3. The Morgan fingerprint density at radius 3 is 2.72 bits per heavy atom. The fourth-order valence-corrected chi connectivity index (χ4v) is 4.90. The van der Waals surface area contributed by atoms with Gasteiger partial charge in [-0.3, -0.25) is 9.59 Å². The molecule has 1 aliphatic rings. The average Bonchev–Trinajstić information content (AvgIpc) is 2.80. The summed E-state index contributed by atoms with van der Waals surface area (Å²) in [7, 11) is 0. The van der Waals surface area contributed by atoms with E-state index in [4.69, 9.17) is 11.6 Å². The number of carbonyl (C=O) groups is 1. The van der Waals surface area contributed by atoms with E-state index < -0.39 is 23.2 Å². The number of rotatable bonds is 6. The number of anilines is 1. The van der Waals surface area contributed by atoms with Crippen molar-refractivity contribution in [2.24, 2.45) is 5.92 Å². The van der Waals surface area contributed by atoms with E-state index in [-0.39, 0.29) is 5.92 Å². The van der Waals surface area contributed by atoms with Crippen molar-refractivity contribution < 1.29 is 4.79 Å². The molecule has 1 amide bonds.